The van der Waals surface area contributed by atoms with Crippen molar-refractivity contribution in [1.29, 1.82) is 0 Å². The molecular formula is C11H8F3N3O2S. The number of nitrogens with zero attached hydrogens (tertiary/aromatic N) is 2. The van der Waals surface area contributed by atoms with E-state index in [2.05, 4.69) is 10.2 Å². The first-order chi connectivity index (χ1) is 9.38. The highest BCUT2D eigenvalue weighted by Gasteiger charge is 2.36. The molecule has 0 saturated carbocycles. The van der Waals surface area contributed by atoms with Crippen molar-refractivity contribution < 1.29 is 22.7 Å². The van der Waals surface area contributed by atoms with Gasteiger partial charge in [0, 0.05) is 5.56 Å². The fourth-order valence-electron chi connectivity index (χ4n) is 1.39. The number of primary amides is 1. The molecule has 0 aliphatic rings. The molecule has 1 aromatic heterocycles. The van der Waals surface area contributed by atoms with Crippen LogP contribution in [0, 0.1) is 0 Å². The highest BCUT2D eigenvalue weighted by atomic mass is 32.1. The lowest BCUT2D eigenvalue weighted by atomic mass is 10.1. The van der Waals surface area contributed by atoms with E-state index in [0.29, 0.717) is 5.56 Å². The molecule has 0 aliphatic carbocycles. The number of carbonyl (C=O) groups is 1. The molecule has 1 aromatic carbocycles. The van der Waals surface area contributed by atoms with Crippen LogP contribution in [0.5, 0.6) is 5.19 Å². The fraction of sp³-hybridized carbons (Fsp3) is 0.182. The number of alkyl halides is 3. The third-order valence-corrected chi connectivity index (χ3v) is 3.09. The maximum atomic E-state index is 12.4. The molecule has 0 bridgehead atoms. The lowest BCUT2D eigenvalue weighted by Crippen LogP contribution is -2.26. The normalized spacial score (nSPS) is 12.9. The van der Waals surface area contributed by atoms with Crippen molar-refractivity contribution in [3.05, 3.63) is 40.9 Å². The molecule has 0 fully saturated rings. The Morgan fingerprint density at radius 3 is 2.40 bits per heavy atom. The number of nitrogens with two attached hydrogens (primary N) is 1. The van der Waals surface area contributed by atoms with Gasteiger partial charge in [-0.2, -0.15) is 13.2 Å². The van der Waals surface area contributed by atoms with Crippen LogP contribution in [0.1, 0.15) is 16.7 Å². The van der Waals surface area contributed by atoms with Crippen LogP contribution in [-0.4, -0.2) is 16.1 Å². The van der Waals surface area contributed by atoms with E-state index in [1.807, 2.05) is 0 Å². The number of amides is 1. The van der Waals surface area contributed by atoms with E-state index >= 15 is 0 Å². The molecule has 2 rings (SSSR count). The molecule has 5 nitrogen and oxygen atoms in total. The minimum atomic E-state index is -4.60. The second-order valence-electron chi connectivity index (χ2n) is 3.68. The summed E-state index contributed by atoms with van der Waals surface area (Å²) in [4.78, 5) is 11.3. The first-order valence-electron chi connectivity index (χ1n) is 5.29. The van der Waals surface area contributed by atoms with E-state index < -0.39 is 23.2 Å². The quantitative estimate of drug-likeness (QED) is 0.939. The van der Waals surface area contributed by atoms with Crippen LogP contribution in [0.25, 0.3) is 0 Å². The summed E-state index contributed by atoms with van der Waals surface area (Å²) in [5.41, 5.74) is 5.60. The summed E-state index contributed by atoms with van der Waals surface area (Å²) in [6, 6.07) is 8.16. The molecule has 0 spiro atoms. The summed E-state index contributed by atoms with van der Waals surface area (Å²) in [7, 11) is 0. The zero-order valence-electron chi connectivity index (χ0n) is 9.79. The van der Waals surface area contributed by atoms with Gasteiger partial charge >= 0.3 is 6.18 Å². The summed E-state index contributed by atoms with van der Waals surface area (Å²) in [5, 5.41) is 4.69. The van der Waals surface area contributed by atoms with Crippen molar-refractivity contribution in [2.45, 2.75) is 12.3 Å². The van der Waals surface area contributed by atoms with E-state index in [-0.39, 0.29) is 16.5 Å². The van der Waals surface area contributed by atoms with Gasteiger partial charge in [-0.05, 0) is 0 Å². The summed E-state index contributed by atoms with van der Waals surface area (Å²) < 4.78 is 42.3. The standard InChI is InChI=1S/C11H8F3N3O2S/c12-11(13,14)9-16-17-10(20-9)19-7(8(15)18)6-4-2-1-3-5-6/h1-5,7H,(H2,15,18). The Hall–Kier alpha value is -2.16. The van der Waals surface area contributed by atoms with Crippen LogP contribution in [-0.2, 0) is 11.0 Å². The number of benzene rings is 1. The first-order valence-corrected chi connectivity index (χ1v) is 6.11. The molecule has 0 saturated heterocycles. The second kappa shape index (κ2) is 5.45. The number of hydrogen-bond donors (Lipinski definition) is 1. The summed E-state index contributed by atoms with van der Waals surface area (Å²) >= 11 is 0.203. The Labute approximate surface area is 115 Å². The molecule has 2 aromatic rings. The van der Waals surface area contributed by atoms with Crippen LogP contribution in [0.2, 0.25) is 0 Å². The number of hydrogen-bond acceptors (Lipinski definition) is 5. The monoisotopic (exact) mass is 303 g/mol. The Kier molecular flexibility index (Phi) is 3.89. The fourth-order valence-corrected chi connectivity index (χ4v) is 1.98. The van der Waals surface area contributed by atoms with Crippen LogP contribution < -0.4 is 10.5 Å². The average molecular weight is 303 g/mol. The molecule has 9 heteroatoms. The number of rotatable bonds is 4. The van der Waals surface area contributed by atoms with Crippen molar-refractivity contribution in [2.75, 3.05) is 0 Å². The topological polar surface area (TPSA) is 78.1 Å². The largest absolute Gasteiger partial charge is 0.451 e. The van der Waals surface area contributed by atoms with Gasteiger partial charge in [0.05, 0.1) is 0 Å². The van der Waals surface area contributed by atoms with Gasteiger partial charge in [-0.15, -0.1) is 5.10 Å². The average Bonchev–Trinajstić information content (AvgIpc) is 2.85. The summed E-state index contributed by atoms with van der Waals surface area (Å²) in [6.45, 7) is 0. The van der Waals surface area contributed by atoms with Crippen LogP contribution >= 0.6 is 11.3 Å². The van der Waals surface area contributed by atoms with Crippen molar-refractivity contribution in [2.24, 2.45) is 5.73 Å². The van der Waals surface area contributed by atoms with Crippen LogP contribution in [0.3, 0.4) is 0 Å². The van der Waals surface area contributed by atoms with Crippen molar-refractivity contribution >= 4 is 17.2 Å². The minimum Gasteiger partial charge on any atom is -0.451 e. The molecule has 2 N–H and O–H groups in total. The van der Waals surface area contributed by atoms with Gasteiger partial charge < -0.3 is 10.5 Å². The lowest BCUT2D eigenvalue weighted by Gasteiger charge is -2.13. The molecule has 0 radical (unpaired) electrons. The van der Waals surface area contributed by atoms with Gasteiger partial charge in [0.1, 0.15) is 0 Å². The number of carbonyl (C=O) groups excluding carboxylic acids is 1. The van der Waals surface area contributed by atoms with E-state index in [0.717, 1.165) is 0 Å². The van der Waals surface area contributed by atoms with Crippen molar-refractivity contribution in [3.63, 3.8) is 0 Å². The van der Waals surface area contributed by atoms with Gasteiger partial charge in [-0.3, -0.25) is 4.79 Å². The van der Waals surface area contributed by atoms with Gasteiger partial charge in [0.2, 0.25) is 11.1 Å². The Bertz CT molecular complexity index is 600. The minimum absolute atomic E-state index is 0.203. The van der Waals surface area contributed by atoms with Crippen molar-refractivity contribution in [3.8, 4) is 5.19 Å². The third-order valence-electron chi connectivity index (χ3n) is 2.23. The summed E-state index contributed by atoms with van der Waals surface area (Å²) in [6.07, 6.45) is -5.82. The van der Waals surface area contributed by atoms with Crippen molar-refractivity contribution in [1.82, 2.24) is 10.2 Å². The highest BCUT2D eigenvalue weighted by molar-refractivity contribution is 7.13. The Balaban J connectivity index is 2.22. The lowest BCUT2D eigenvalue weighted by molar-refractivity contribution is -0.138. The zero-order chi connectivity index (χ0) is 14.8. The summed E-state index contributed by atoms with van der Waals surface area (Å²) in [5.74, 6) is -0.833. The van der Waals surface area contributed by atoms with E-state index in [1.54, 1.807) is 30.3 Å². The molecule has 1 unspecified atom stereocenters. The number of aromatic nitrogens is 2. The van der Waals surface area contributed by atoms with E-state index in [9.17, 15) is 18.0 Å². The molecule has 1 amide bonds. The Morgan fingerprint density at radius 1 is 1.25 bits per heavy atom. The molecule has 1 atom stereocenters. The molecule has 20 heavy (non-hydrogen) atoms. The maximum absolute atomic E-state index is 12.4. The SMILES string of the molecule is NC(=O)C(Oc1nnc(C(F)(F)F)s1)c1ccccc1. The van der Waals surface area contributed by atoms with Gasteiger partial charge in [0.15, 0.2) is 0 Å². The van der Waals surface area contributed by atoms with Crippen LogP contribution in [0.15, 0.2) is 30.3 Å². The predicted molar refractivity (Wildman–Crippen MR) is 63.9 cm³/mol. The van der Waals surface area contributed by atoms with Gasteiger partial charge in [0.25, 0.3) is 11.1 Å². The Morgan fingerprint density at radius 2 is 1.90 bits per heavy atom. The van der Waals surface area contributed by atoms with Crippen LogP contribution in [0.4, 0.5) is 13.2 Å². The second-order valence-corrected chi connectivity index (χ2v) is 4.62. The number of ether oxygens (including phenoxy) is 1. The highest BCUT2D eigenvalue weighted by Crippen LogP contribution is 2.35. The molecular weight excluding hydrogens is 295 g/mol. The molecule has 1 heterocycles. The van der Waals surface area contributed by atoms with Gasteiger partial charge in [-0.1, -0.05) is 46.8 Å². The van der Waals surface area contributed by atoms with E-state index in [4.69, 9.17) is 10.5 Å². The first kappa shape index (κ1) is 14.3. The molecule has 106 valence electrons. The number of halogens is 3. The smallest absolute Gasteiger partial charge is 0.445 e. The maximum Gasteiger partial charge on any atom is 0.445 e. The van der Waals surface area contributed by atoms with Gasteiger partial charge in [-0.25, -0.2) is 0 Å². The predicted octanol–water partition coefficient (Wildman–Crippen LogP) is 2.16. The van der Waals surface area contributed by atoms with E-state index in [1.165, 1.54) is 0 Å². The molecule has 0 aliphatic heterocycles. The third kappa shape index (κ3) is 3.23. The zero-order valence-corrected chi connectivity index (χ0v) is 10.6.